The predicted molar refractivity (Wildman–Crippen MR) is 119 cm³/mol. The van der Waals surface area contributed by atoms with E-state index in [0.717, 1.165) is 49.3 Å². The van der Waals surface area contributed by atoms with Crippen molar-refractivity contribution in [3.8, 4) is 10.6 Å². The molecule has 1 saturated heterocycles. The Kier molecular flexibility index (Phi) is 7.29. The second-order valence-electron chi connectivity index (χ2n) is 7.28. The van der Waals surface area contributed by atoms with Gasteiger partial charge in [0.2, 0.25) is 0 Å². The lowest BCUT2D eigenvalue weighted by molar-refractivity contribution is 0.0949. The van der Waals surface area contributed by atoms with Gasteiger partial charge in [-0.25, -0.2) is 13.8 Å². The number of rotatable bonds is 5. The van der Waals surface area contributed by atoms with Crippen LogP contribution >= 0.6 is 11.3 Å². The summed E-state index contributed by atoms with van der Waals surface area (Å²) >= 11 is 0.824. The highest BCUT2D eigenvalue weighted by molar-refractivity contribution is 7.19. The van der Waals surface area contributed by atoms with E-state index in [-0.39, 0.29) is 21.3 Å². The van der Waals surface area contributed by atoms with Gasteiger partial charge in [0.25, 0.3) is 5.91 Å². The Morgan fingerprint density at radius 3 is 2.84 bits per heavy atom. The van der Waals surface area contributed by atoms with Gasteiger partial charge >= 0.3 is 0 Å². The number of benzene rings is 1. The zero-order valence-electron chi connectivity index (χ0n) is 17.3. The van der Waals surface area contributed by atoms with Crippen LogP contribution in [0.3, 0.4) is 0 Å². The molecule has 11 heteroatoms. The van der Waals surface area contributed by atoms with Gasteiger partial charge in [-0.15, -0.1) is 0 Å². The van der Waals surface area contributed by atoms with Gasteiger partial charge in [0, 0.05) is 32.9 Å². The number of amides is 1. The van der Waals surface area contributed by atoms with Crippen molar-refractivity contribution in [1.82, 2.24) is 20.5 Å². The highest BCUT2D eigenvalue weighted by atomic mass is 32.1. The summed E-state index contributed by atoms with van der Waals surface area (Å²) in [6.07, 6.45) is 1.09. The molecule has 166 valence electrons. The summed E-state index contributed by atoms with van der Waals surface area (Å²) in [5.41, 5.74) is 5.46. The average molecular weight is 450 g/mol. The van der Waals surface area contributed by atoms with E-state index in [1.54, 1.807) is 7.05 Å². The summed E-state index contributed by atoms with van der Waals surface area (Å²) in [5.74, 6) is -1.31. The third-order valence-electron chi connectivity index (χ3n) is 4.91. The summed E-state index contributed by atoms with van der Waals surface area (Å²) in [4.78, 5) is 23.3. The van der Waals surface area contributed by atoms with Gasteiger partial charge in [0.15, 0.2) is 5.69 Å². The Labute approximate surface area is 183 Å². The summed E-state index contributed by atoms with van der Waals surface area (Å²) < 4.78 is 28.2. The maximum Gasteiger partial charge on any atom is 0.273 e. The fourth-order valence-electron chi connectivity index (χ4n) is 3.47. The van der Waals surface area contributed by atoms with Crippen LogP contribution in [0.5, 0.6) is 0 Å². The van der Waals surface area contributed by atoms with E-state index in [0.29, 0.717) is 18.3 Å². The fourth-order valence-corrected chi connectivity index (χ4v) is 4.35. The number of aromatic nitrogens is 1. The van der Waals surface area contributed by atoms with Gasteiger partial charge in [-0.2, -0.15) is 0 Å². The normalized spacial score (nSPS) is 18.4. The second-order valence-corrected chi connectivity index (χ2v) is 8.31. The maximum atomic E-state index is 14.1. The topological polar surface area (TPSA) is 119 Å². The molecule has 1 aliphatic rings. The Balaban J connectivity index is 1.82. The number of anilines is 1. The maximum absolute atomic E-state index is 14.1. The first-order valence-electron chi connectivity index (χ1n) is 9.80. The van der Waals surface area contributed by atoms with Crippen LogP contribution in [0, 0.1) is 23.0 Å². The van der Waals surface area contributed by atoms with Crippen molar-refractivity contribution in [2.45, 2.75) is 13.0 Å². The molecule has 1 fully saturated rings. The third-order valence-corrected chi connectivity index (χ3v) is 5.81. The van der Waals surface area contributed by atoms with Crippen LogP contribution in [0.1, 0.15) is 17.4 Å². The van der Waals surface area contributed by atoms with Crippen molar-refractivity contribution < 1.29 is 13.6 Å². The highest BCUT2D eigenvalue weighted by Crippen LogP contribution is 2.33. The van der Waals surface area contributed by atoms with Crippen LogP contribution in [0.25, 0.3) is 10.6 Å². The van der Waals surface area contributed by atoms with E-state index in [2.05, 4.69) is 27.5 Å². The molecule has 0 radical (unpaired) electrons. The van der Waals surface area contributed by atoms with Crippen LogP contribution in [-0.4, -0.2) is 67.1 Å². The number of aliphatic imine (C=N–C) groups is 1. The van der Waals surface area contributed by atoms with Crippen LogP contribution in [-0.2, 0) is 0 Å². The lowest BCUT2D eigenvalue weighted by Gasteiger charge is -2.29. The van der Waals surface area contributed by atoms with Crippen LogP contribution in [0.2, 0.25) is 0 Å². The lowest BCUT2D eigenvalue weighted by atomic mass is 10.1. The number of carbonyl (C=O) groups excluding carboxylic acids is 1. The monoisotopic (exact) mass is 449 g/mol. The fraction of sp³-hybridized carbons (Fsp3) is 0.400. The van der Waals surface area contributed by atoms with Crippen molar-refractivity contribution in [3.63, 3.8) is 0 Å². The molecule has 0 bridgehead atoms. The summed E-state index contributed by atoms with van der Waals surface area (Å²) in [6.45, 7) is 5.16. The number of nitrogen functional groups attached to an aromatic ring is 1. The number of carbonyl (C=O) groups is 1. The summed E-state index contributed by atoms with van der Waals surface area (Å²) in [7, 11) is 1.61. The number of halogens is 2. The van der Waals surface area contributed by atoms with Crippen molar-refractivity contribution in [2.75, 3.05) is 39.0 Å². The van der Waals surface area contributed by atoms with E-state index in [1.165, 1.54) is 6.07 Å². The Bertz CT molecular complexity index is 974. The smallest absolute Gasteiger partial charge is 0.273 e. The minimum Gasteiger partial charge on any atom is -0.389 e. The molecule has 2 heterocycles. The first kappa shape index (κ1) is 22.8. The van der Waals surface area contributed by atoms with E-state index < -0.39 is 23.6 Å². The van der Waals surface area contributed by atoms with Gasteiger partial charge in [-0.1, -0.05) is 24.3 Å². The minimum absolute atomic E-state index is 0.0264. The van der Waals surface area contributed by atoms with Gasteiger partial charge in [0.05, 0.1) is 5.56 Å². The second kappa shape index (κ2) is 9.92. The van der Waals surface area contributed by atoms with Crippen molar-refractivity contribution in [3.05, 3.63) is 35.5 Å². The van der Waals surface area contributed by atoms with Gasteiger partial charge < -0.3 is 26.7 Å². The number of amidine groups is 1. The number of nitrogens with two attached hydrogens (primary N) is 1. The van der Waals surface area contributed by atoms with Crippen LogP contribution < -0.4 is 16.4 Å². The van der Waals surface area contributed by atoms with Gasteiger partial charge in [0.1, 0.15) is 33.5 Å². The SMILES string of the molecule is CN=C(C(C=N)NC(=O)c1nc(-c2c(F)cccc2F)sc1N)N1CCNCC(C)C1. The van der Waals surface area contributed by atoms with Gasteiger partial charge in [-0.3, -0.25) is 9.79 Å². The molecule has 0 spiro atoms. The first-order chi connectivity index (χ1) is 14.8. The molecule has 3 rings (SSSR count). The largest absolute Gasteiger partial charge is 0.389 e. The quantitative estimate of drug-likeness (QED) is 0.411. The molecule has 1 amide bonds. The average Bonchev–Trinajstić information content (AvgIpc) is 2.97. The number of hydrogen-bond acceptors (Lipinski definition) is 7. The minimum atomic E-state index is -0.794. The number of thiazole rings is 1. The molecule has 31 heavy (non-hydrogen) atoms. The molecule has 1 aliphatic heterocycles. The Morgan fingerprint density at radius 2 is 2.19 bits per heavy atom. The molecule has 0 saturated carbocycles. The predicted octanol–water partition coefficient (Wildman–Crippen LogP) is 1.99. The number of nitrogens with zero attached hydrogens (tertiary/aromatic N) is 3. The molecule has 0 aliphatic carbocycles. The molecular weight excluding hydrogens is 424 g/mol. The molecule has 5 N–H and O–H groups in total. The van der Waals surface area contributed by atoms with E-state index in [1.807, 2.05) is 4.90 Å². The Hall–Kier alpha value is -2.92. The van der Waals surface area contributed by atoms with Crippen molar-refractivity contribution >= 4 is 34.3 Å². The molecule has 1 aromatic heterocycles. The molecule has 2 atom stereocenters. The molecular formula is C20H25F2N7OS. The third kappa shape index (κ3) is 5.05. The molecule has 8 nitrogen and oxygen atoms in total. The van der Waals surface area contributed by atoms with E-state index >= 15 is 0 Å². The number of hydrogen-bond donors (Lipinski definition) is 4. The molecule has 2 aromatic rings. The first-order valence-corrected chi connectivity index (χ1v) is 10.6. The van der Waals surface area contributed by atoms with Crippen molar-refractivity contribution in [2.24, 2.45) is 10.9 Å². The summed E-state index contributed by atoms with van der Waals surface area (Å²) in [6, 6.07) is 2.68. The number of nitrogens with one attached hydrogen (secondary N) is 3. The standard InChI is InChI=1S/C20H25F2N7OS/c1-11-9-26-6-7-29(10-11)18(25-2)14(8-23)27-19(30)16-17(24)31-20(28-16)15-12(21)4-3-5-13(15)22/h3-5,8,11,14,23,26H,6-7,9-10,24H2,1-2H3,(H,27,30). The van der Waals surface area contributed by atoms with Gasteiger partial charge in [-0.05, 0) is 24.6 Å². The molecule has 1 aromatic carbocycles. The Morgan fingerprint density at radius 1 is 1.48 bits per heavy atom. The van der Waals surface area contributed by atoms with Crippen molar-refractivity contribution in [1.29, 1.82) is 5.41 Å². The van der Waals surface area contributed by atoms with E-state index in [4.69, 9.17) is 11.1 Å². The van der Waals surface area contributed by atoms with Crippen LogP contribution in [0.15, 0.2) is 23.2 Å². The summed E-state index contributed by atoms with van der Waals surface area (Å²) in [5, 5.41) is 13.9. The zero-order valence-corrected chi connectivity index (χ0v) is 18.1. The van der Waals surface area contributed by atoms with Crippen LogP contribution in [0.4, 0.5) is 13.8 Å². The van der Waals surface area contributed by atoms with E-state index in [9.17, 15) is 13.6 Å². The molecule has 2 unspecified atom stereocenters. The zero-order chi connectivity index (χ0) is 22.5. The lowest BCUT2D eigenvalue weighted by Crippen LogP contribution is -2.51. The highest BCUT2D eigenvalue weighted by Gasteiger charge is 2.27.